The first-order valence-electron chi connectivity index (χ1n) is 14.7. The monoisotopic (exact) mass is 625 g/mol. The van der Waals surface area contributed by atoms with Crippen LogP contribution in [0.5, 0.6) is 11.5 Å². The minimum atomic E-state index is -4.86. The Labute approximate surface area is 258 Å². The fourth-order valence-electron chi connectivity index (χ4n) is 5.00. The number of phosphoric acid groups is 1. The van der Waals surface area contributed by atoms with Crippen molar-refractivity contribution in [3.8, 4) is 11.5 Å². The van der Waals surface area contributed by atoms with E-state index in [1.165, 1.54) is 24.3 Å². The second-order valence-corrected chi connectivity index (χ2v) is 12.6. The molecule has 1 amide bonds. The number of benzene rings is 2. The van der Waals surface area contributed by atoms with Gasteiger partial charge in [-0.25, -0.2) is 14.5 Å². The van der Waals surface area contributed by atoms with Crippen molar-refractivity contribution in [2.24, 2.45) is 0 Å². The van der Waals surface area contributed by atoms with Crippen LogP contribution in [0.15, 0.2) is 49.1 Å². The van der Waals surface area contributed by atoms with Gasteiger partial charge in [-0.1, -0.05) is 59.8 Å². The predicted octanol–water partition coefficient (Wildman–Crippen LogP) is 6.12. The molecule has 0 saturated carbocycles. The first-order valence-corrected chi connectivity index (χ1v) is 16.2. The first-order chi connectivity index (χ1) is 20.6. The van der Waals surface area contributed by atoms with Crippen molar-refractivity contribution in [2.75, 3.05) is 5.73 Å². The predicted molar refractivity (Wildman–Crippen MR) is 175 cm³/mol. The highest BCUT2D eigenvalue weighted by atomic mass is 31.2. The number of fused-ring (bicyclic) bond motifs is 3. The second kappa shape index (κ2) is 13.4. The minimum absolute atomic E-state index is 0.0522. The number of rotatable bonds is 11. The van der Waals surface area contributed by atoms with Gasteiger partial charge in [0, 0.05) is 28.3 Å². The number of nitrogens with zero attached hydrogens (tertiary/aromatic N) is 3. The van der Waals surface area contributed by atoms with Gasteiger partial charge in [-0.3, -0.25) is 14.6 Å². The molecule has 2 aromatic heterocycles. The normalized spacial score (nSPS) is 12.1. The number of aromatic hydroxyl groups is 1. The third-order valence-electron chi connectivity index (χ3n) is 8.03. The number of aryl methyl sites for hydroxylation is 1. The third kappa shape index (κ3) is 7.23. The molecular weight excluding hydrogens is 581 g/mol. The first kappa shape index (κ1) is 34.6. The van der Waals surface area contributed by atoms with Gasteiger partial charge in [0.2, 0.25) is 5.91 Å². The Morgan fingerprint density at radius 3 is 2.43 bits per heavy atom. The third-order valence-corrected chi connectivity index (χ3v) is 8.47. The van der Waals surface area contributed by atoms with Gasteiger partial charge in [0.25, 0.3) is 0 Å². The Morgan fingerprint density at radius 1 is 1.14 bits per heavy atom. The van der Waals surface area contributed by atoms with Crippen molar-refractivity contribution in [1.82, 2.24) is 19.9 Å². The molecule has 6 N–H and O–H groups in total. The molecule has 44 heavy (non-hydrogen) atoms. The Hall–Kier alpha value is -3.92. The van der Waals surface area contributed by atoms with Crippen molar-refractivity contribution < 1.29 is 28.8 Å². The van der Waals surface area contributed by atoms with Gasteiger partial charge in [0.15, 0.2) is 5.82 Å². The smallest absolute Gasteiger partial charge is 0.508 e. The van der Waals surface area contributed by atoms with Gasteiger partial charge < -0.3 is 25.2 Å². The number of aromatic nitrogens is 3. The lowest BCUT2D eigenvalue weighted by atomic mass is 9.69. The SMILES string of the molecule is C=CC(=O)NC(C)(C)C(C)(C)c1ccc2c(c1)nc(N)c1nc(CCCC)n(Cc3cc(O)ccc3OP(=O)(O)O)c12.CC. The zero-order chi connectivity index (χ0) is 33.0. The number of nitrogen functional groups attached to an aromatic ring is 1. The van der Waals surface area contributed by atoms with Crippen LogP contribution in [-0.2, 0) is 27.7 Å². The molecule has 11 nitrogen and oxygen atoms in total. The minimum Gasteiger partial charge on any atom is -0.508 e. The molecule has 238 valence electrons. The molecule has 0 spiro atoms. The molecule has 0 fully saturated rings. The van der Waals surface area contributed by atoms with E-state index in [4.69, 9.17) is 15.2 Å². The lowest BCUT2D eigenvalue weighted by Gasteiger charge is -2.42. The molecule has 0 aliphatic rings. The van der Waals surface area contributed by atoms with E-state index in [9.17, 15) is 24.3 Å². The molecule has 0 aliphatic heterocycles. The molecular formula is C32H44N5O6P. The van der Waals surface area contributed by atoms with Crippen molar-refractivity contribution in [3.63, 3.8) is 0 Å². The highest BCUT2D eigenvalue weighted by Crippen LogP contribution is 2.41. The molecule has 4 aromatic rings. The number of unbranched alkanes of at least 4 members (excludes halogenated alkanes) is 1. The van der Waals surface area contributed by atoms with Crippen molar-refractivity contribution in [3.05, 3.63) is 66.0 Å². The van der Waals surface area contributed by atoms with Gasteiger partial charge >= 0.3 is 7.82 Å². The summed E-state index contributed by atoms with van der Waals surface area (Å²) in [6, 6.07) is 9.92. The maximum Gasteiger partial charge on any atom is 0.524 e. The zero-order valence-corrected chi connectivity index (χ0v) is 27.4. The van der Waals surface area contributed by atoms with Crippen LogP contribution >= 0.6 is 7.82 Å². The van der Waals surface area contributed by atoms with Gasteiger partial charge in [0.05, 0.1) is 17.6 Å². The standard InChI is InChI=1S/C30H38N5O6P.C2H6/c1-7-9-10-24-33-26-27(35(24)17-18-15-20(36)12-14-23(18)41-42(38,39)40)21-13-11-19(16-22(21)32-28(26)31)29(3,4)30(5,6)34-25(37)8-2;1-2/h8,11-16,36H,2,7,9-10,17H2,1,3-6H3,(H2,31,32)(H,34,37)(H2,38,39,40);1-2H3. The summed E-state index contributed by atoms with van der Waals surface area (Å²) < 4.78 is 18.6. The number of carbonyl (C=O) groups excluding carboxylic acids is 1. The van der Waals surface area contributed by atoms with E-state index >= 15 is 0 Å². The molecule has 0 saturated heterocycles. The number of anilines is 1. The van der Waals surface area contributed by atoms with E-state index in [-0.39, 0.29) is 29.8 Å². The summed E-state index contributed by atoms with van der Waals surface area (Å²) in [5, 5.41) is 14.0. The number of pyridine rings is 1. The van der Waals surface area contributed by atoms with Gasteiger partial charge in [-0.2, -0.15) is 0 Å². The summed E-state index contributed by atoms with van der Waals surface area (Å²) in [5.41, 5.74) is 8.44. The molecule has 2 heterocycles. The molecule has 12 heteroatoms. The van der Waals surface area contributed by atoms with Crippen molar-refractivity contribution in [2.45, 2.75) is 85.2 Å². The Bertz CT molecular complexity index is 1720. The highest BCUT2D eigenvalue weighted by Gasteiger charge is 2.39. The summed E-state index contributed by atoms with van der Waals surface area (Å²) in [4.78, 5) is 40.6. The fourth-order valence-corrected chi connectivity index (χ4v) is 5.43. The number of phosphoric ester groups is 1. The Balaban J connectivity index is 0.00000259. The fraction of sp³-hybridized carbons (Fsp3) is 0.406. The number of nitrogens with one attached hydrogen (secondary N) is 1. The van der Waals surface area contributed by atoms with Gasteiger partial charge in [0.1, 0.15) is 22.8 Å². The summed E-state index contributed by atoms with van der Waals surface area (Å²) in [7, 11) is -4.86. The molecule has 0 atom stereocenters. The highest BCUT2D eigenvalue weighted by molar-refractivity contribution is 7.46. The number of hydrogen-bond acceptors (Lipinski definition) is 7. The Morgan fingerprint density at radius 2 is 1.82 bits per heavy atom. The van der Waals surface area contributed by atoms with E-state index < -0.39 is 18.8 Å². The van der Waals surface area contributed by atoms with E-state index in [1.54, 1.807) is 0 Å². The van der Waals surface area contributed by atoms with E-state index in [2.05, 4.69) is 23.8 Å². The lowest BCUT2D eigenvalue weighted by molar-refractivity contribution is -0.118. The largest absolute Gasteiger partial charge is 0.524 e. The number of hydrogen-bond donors (Lipinski definition) is 5. The lowest BCUT2D eigenvalue weighted by Crippen LogP contribution is -2.55. The maximum absolute atomic E-state index is 12.2. The molecule has 4 rings (SSSR count). The number of phenolic OH excluding ortho intramolecular Hbond substituents is 1. The van der Waals surface area contributed by atoms with E-state index in [1.807, 2.05) is 64.3 Å². The van der Waals surface area contributed by atoms with Crippen molar-refractivity contribution in [1.29, 1.82) is 0 Å². The van der Waals surface area contributed by atoms with Crippen LogP contribution in [0.2, 0.25) is 0 Å². The summed E-state index contributed by atoms with van der Waals surface area (Å²) in [6.07, 6.45) is 3.65. The van der Waals surface area contributed by atoms with E-state index in [0.29, 0.717) is 28.5 Å². The molecule has 0 bridgehead atoms. The van der Waals surface area contributed by atoms with Crippen LogP contribution in [0, 0.1) is 0 Å². The number of imidazole rings is 1. The van der Waals surface area contributed by atoms with Crippen LogP contribution < -0.4 is 15.6 Å². The van der Waals surface area contributed by atoms with Crippen LogP contribution in [0.4, 0.5) is 5.82 Å². The topological polar surface area (TPSA) is 173 Å². The average Bonchev–Trinajstić information content (AvgIpc) is 3.31. The van der Waals surface area contributed by atoms with Crippen molar-refractivity contribution >= 4 is 41.5 Å². The molecule has 0 unspecified atom stereocenters. The molecule has 2 aromatic carbocycles. The van der Waals surface area contributed by atoms with Crippen LogP contribution in [0.1, 0.15) is 78.3 Å². The number of carbonyl (C=O) groups is 1. The number of nitrogens with two attached hydrogens (primary N) is 1. The molecule has 0 aliphatic carbocycles. The maximum atomic E-state index is 12.2. The van der Waals surface area contributed by atoms with Crippen LogP contribution in [0.3, 0.4) is 0 Å². The quantitative estimate of drug-likeness (QED) is 0.0972. The Kier molecular flexibility index (Phi) is 10.5. The molecule has 0 radical (unpaired) electrons. The average molecular weight is 626 g/mol. The van der Waals surface area contributed by atoms with E-state index in [0.717, 1.165) is 29.6 Å². The van der Waals surface area contributed by atoms with Gasteiger partial charge in [-0.15, -0.1) is 0 Å². The van der Waals surface area contributed by atoms with Crippen LogP contribution in [-0.4, -0.2) is 40.9 Å². The zero-order valence-electron chi connectivity index (χ0n) is 26.5. The number of phenols is 1. The van der Waals surface area contributed by atoms with Crippen LogP contribution in [0.25, 0.3) is 21.9 Å². The van der Waals surface area contributed by atoms with Gasteiger partial charge in [-0.05, 0) is 56.2 Å². The summed E-state index contributed by atoms with van der Waals surface area (Å²) >= 11 is 0. The second-order valence-electron chi connectivity index (χ2n) is 11.5. The summed E-state index contributed by atoms with van der Waals surface area (Å²) in [5.74, 6) is 0.563. The number of amides is 1. The summed E-state index contributed by atoms with van der Waals surface area (Å²) in [6.45, 7) is 17.7.